The zero-order valence-corrected chi connectivity index (χ0v) is 11.9. The van der Waals surface area contributed by atoms with E-state index in [1.54, 1.807) is 16.6 Å². The van der Waals surface area contributed by atoms with Crippen molar-refractivity contribution >= 4 is 11.4 Å². The Morgan fingerprint density at radius 3 is 2.68 bits per heavy atom. The van der Waals surface area contributed by atoms with E-state index in [1.165, 1.54) is 12.1 Å². The van der Waals surface area contributed by atoms with Gasteiger partial charge in [-0.15, -0.1) is 0 Å². The van der Waals surface area contributed by atoms with Crippen LogP contribution in [0, 0.1) is 11.7 Å². The van der Waals surface area contributed by atoms with Crippen molar-refractivity contribution in [3.05, 3.63) is 54.1 Å². The van der Waals surface area contributed by atoms with Crippen LogP contribution in [0.1, 0.15) is 18.7 Å². The monoisotopic (exact) mass is 295 g/mol. The molecule has 1 saturated carbocycles. The average Bonchev–Trinajstić information content (AvgIpc) is 3.28. The van der Waals surface area contributed by atoms with Gasteiger partial charge in [0.05, 0.1) is 12.1 Å². The predicted molar refractivity (Wildman–Crippen MR) is 79.8 cm³/mol. The third-order valence-electron chi connectivity index (χ3n) is 3.91. The van der Waals surface area contributed by atoms with E-state index in [4.69, 9.17) is 0 Å². The Kier molecular flexibility index (Phi) is 2.99. The van der Waals surface area contributed by atoms with Crippen molar-refractivity contribution < 1.29 is 9.18 Å². The van der Waals surface area contributed by atoms with Crippen LogP contribution >= 0.6 is 0 Å². The van der Waals surface area contributed by atoms with Gasteiger partial charge in [0.1, 0.15) is 11.6 Å². The minimum atomic E-state index is -0.273. The SMILES string of the molecule is O=C(Cc1nc2cccc(-c3ccc(F)cc3)n2n1)C1CC1. The predicted octanol–water partition coefficient (Wildman–Crippen LogP) is 3.06. The standard InChI is InChI=1S/C17H14FN3O/c18-13-8-6-11(7-9-13)14-2-1-3-17-19-16(20-21(14)17)10-15(22)12-4-5-12/h1-3,6-9,12H,4-5,10H2. The van der Waals surface area contributed by atoms with E-state index in [0.717, 1.165) is 24.1 Å². The highest BCUT2D eigenvalue weighted by Crippen LogP contribution is 2.30. The van der Waals surface area contributed by atoms with Gasteiger partial charge in [-0.05, 0) is 49.2 Å². The van der Waals surface area contributed by atoms with Crippen molar-refractivity contribution in [2.24, 2.45) is 5.92 Å². The minimum absolute atomic E-state index is 0.211. The molecule has 0 aliphatic heterocycles. The second kappa shape index (κ2) is 5.02. The summed E-state index contributed by atoms with van der Waals surface area (Å²) in [6.07, 6.45) is 2.27. The maximum atomic E-state index is 13.1. The molecule has 2 heterocycles. The van der Waals surface area contributed by atoms with E-state index >= 15 is 0 Å². The largest absolute Gasteiger partial charge is 0.299 e. The van der Waals surface area contributed by atoms with Crippen molar-refractivity contribution in [3.8, 4) is 11.3 Å². The van der Waals surface area contributed by atoms with E-state index in [9.17, 15) is 9.18 Å². The Labute approximate surface area is 126 Å². The van der Waals surface area contributed by atoms with Gasteiger partial charge in [-0.1, -0.05) is 6.07 Å². The number of aromatic nitrogens is 3. The molecule has 0 atom stereocenters. The highest BCUT2D eigenvalue weighted by Gasteiger charge is 2.30. The number of rotatable bonds is 4. The fourth-order valence-corrected chi connectivity index (χ4v) is 2.57. The van der Waals surface area contributed by atoms with Crippen molar-refractivity contribution in [3.63, 3.8) is 0 Å². The van der Waals surface area contributed by atoms with Crippen LogP contribution in [-0.2, 0) is 11.2 Å². The zero-order valence-electron chi connectivity index (χ0n) is 11.9. The van der Waals surface area contributed by atoms with Crippen LogP contribution in [0.25, 0.3) is 16.9 Å². The number of pyridine rings is 1. The molecular formula is C17H14FN3O. The molecule has 4 rings (SSSR count). The van der Waals surface area contributed by atoms with Crippen LogP contribution < -0.4 is 0 Å². The van der Waals surface area contributed by atoms with Crippen LogP contribution in [-0.4, -0.2) is 20.4 Å². The molecular weight excluding hydrogens is 281 g/mol. The molecule has 22 heavy (non-hydrogen) atoms. The van der Waals surface area contributed by atoms with Gasteiger partial charge in [-0.2, -0.15) is 5.10 Å². The van der Waals surface area contributed by atoms with Gasteiger partial charge in [0, 0.05) is 11.5 Å². The number of ketones is 1. The van der Waals surface area contributed by atoms with Crippen LogP contribution in [0.2, 0.25) is 0 Å². The van der Waals surface area contributed by atoms with Crippen molar-refractivity contribution in [2.45, 2.75) is 19.3 Å². The van der Waals surface area contributed by atoms with Gasteiger partial charge in [-0.25, -0.2) is 13.9 Å². The summed E-state index contributed by atoms with van der Waals surface area (Å²) in [4.78, 5) is 16.3. The molecule has 0 unspecified atom stereocenters. The minimum Gasteiger partial charge on any atom is -0.299 e. The molecule has 1 fully saturated rings. The highest BCUT2D eigenvalue weighted by atomic mass is 19.1. The summed E-state index contributed by atoms with van der Waals surface area (Å²) in [6, 6.07) is 11.9. The lowest BCUT2D eigenvalue weighted by Gasteiger charge is -2.03. The number of benzene rings is 1. The van der Waals surface area contributed by atoms with Crippen molar-refractivity contribution in [1.82, 2.24) is 14.6 Å². The van der Waals surface area contributed by atoms with Crippen LogP contribution in [0.5, 0.6) is 0 Å². The van der Waals surface area contributed by atoms with Crippen LogP contribution in [0.15, 0.2) is 42.5 Å². The highest BCUT2D eigenvalue weighted by molar-refractivity contribution is 5.84. The second-order valence-corrected chi connectivity index (χ2v) is 5.63. The van der Waals surface area contributed by atoms with Gasteiger partial charge >= 0.3 is 0 Å². The fraction of sp³-hybridized carbons (Fsp3) is 0.235. The number of hydrogen-bond acceptors (Lipinski definition) is 3. The number of carbonyl (C=O) groups excluding carboxylic acids is 1. The zero-order chi connectivity index (χ0) is 15.1. The Morgan fingerprint density at radius 1 is 1.18 bits per heavy atom. The second-order valence-electron chi connectivity index (χ2n) is 5.63. The fourth-order valence-electron chi connectivity index (χ4n) is 2.57. The van der Waals surface area contributed by atoms with Gasteiger partial charge in [0.15, 0.2) is 11.5 Å². The van der Waals surface area contributed by atoms with Crippen molar-refractivity contribution in [1.29, 1.82) is 0 Å². The van der Waals surface area contributed by atoms with Crippen molar-refractivity contribution in [2.75, 3.05) is 0 Å². The Morgan fingerprint density at radius 2 is 1.95 bits per heavy atom. The summed E-state index contributed by atoms with van der Waals surface area (Å²) in [5.74, 6) is 0.708. The number of Topliss-reactive ketones (excluding diaryl/α,β-unsaturated/α-hetero) is 1. The lowest BCUT2D eigenvalue weighted by Crippen LogP contribution is -2.06. The normalized spacial score (nSPS) is 14.4. The Bertz CT molecular complexity index is 850. The Hall–Kier alpha value is -2.56. The molecule has 110 valence electrons. The van der Waals surface area contributed by atoms with E-state index in [-0.39, 0.29) is 23.9 Å². The summed E-state index contributed by atoms with van der Waals surface area (Å²) in [6.45, 7) is 0. The molecule has 1 aromatic carbocycles. The molecule has 4 nitrogen and oxygen atoms in total. The lowest BCUT2D eigenvalue weighted by atomic mass is 10.1. The smallest absolute Gasteiger partial charge is 0.159 e. The van der Waals surface area contributed by atoms with Gasteiger partial charge in [-0.3, -0.25) is 4.79 Å². The molecule has 0 spiro atoms. The van der Waals surface area contributed by atoms with Crippen LogP contribution in [0.3, 0.4) is 0 Å². The number of carbonyl (C=O) groups is 1. The summed E-state index contributed by atoms with van der Waals surface area (Å²) in [7, 11) is 0. The quantitative estimate of drug-likeness (QED) is 0.743. The first-order chi connectivity index (χ1) is 10.7. The molecule has 5 heteroatoms. The summed E-state index contributed by atoms with van der Waals surface area (Å²) < 4.78 is 14.8. The molecule has 0 radical (unpaired) electrons. The molecule has 1 aliphatic carbocycles. The average molecular weight is 295 g/mol. The third kappa shape index (κ3) is 2.39. The first kappa shape index (κ1) is 13.1. The van der Waals surface area contributed by atoms with E-state index in [0.29, 0.717) is 11.5 Å². The molecule has 3 aromatic rings. The number of fused-ring (bicyclic) bond motifs is 1. The summed E-state index contributed by atoms with van der Waals surface area (Å²) in [5.41, 5.74) is 2.38. The summed E-state index contributed by atoms with van der Waals surface area (Å²) >= 11 is 0. The maximum absolute atomic E-state index is 13.1. The van der Waals surface area contributed by atoms with E-state index < -0.39 is 0 Å². The first-order valence-corrected chi connectivity index (χ1v) is 7.34. The molecule has 0 bridgehead atoms. The van der Waals surface area contributed by atoms with E-state index in [2.05, 4.69) is 10.1 Å². The third-order valence-corrected chi connectivity index (χ3v) is 3.91. The molecule has 0 amide bonds. The van der Waals surface area contributed by atoms with Crippen LogP contribution in [0.4, 0.5) is 4.39 Å². The molecule has 1 aliphatic rings. The topological polar surface area (TPSA) is 47.3 Å². The van der Waals surface area contributed by atoms with Gasteiger partial charge in [0.2, 0.25) is 0 Å². The first-order valence-electron chi connectivity index (χ1n) is 7.34. The summed E-state index contributed by atoms with van der Waals surface area (Å²) in [5, 5.41) is 4.45. The number of halogens is 1. The maximum Gasteiger partial charge on any atom is 0.159 e. The molecule has 0 saturated heterocycles. The van der Waals surface area contributed by atoms with Gasteiger partial charge < -0.3 is 0 Å². The van der Waals surface area contributed by atoms with Gasteiger partial charge in [0.25, 0.3) is 0 Å². The van der Waals surface area contributed by atoms with E-state index in [1.807, 2.05) is 18.2 Å². The Balaban J connectivity index is 1.74. The molecule has 2 aromatic heterocycles. The number of hydrogen-bond donors (Lipinski definition) is 0. The lowest BCUT2D eigenvalue weighted by molar-refractivity contribution is -0.119. The number of nitrogens with zero attached hydrogens (tertiary/aromatic N) is 3. The molecule has 0 N–H and O–H groups in total.